The smallest absolute Gasteiger partial charge is 0.268 e. The molecule has 1 aliphatic rings. The number of benzene rings is 1. The van der Waals surface area contributed by atoms with Crippen molar-refractivity contribution in [2.24, 2.45) is 5.92 Å². The molecular weight excluding hydrogens is 342 g/mol. The summed E-state index contributed by atoms with van der Waals surface area (Å²) >= 11 is 0. The second-order valence-corrected chi connectivity index (χ2v) is 8.94. The number of H-pyrrole nitrogens is 1. The van der Waals surface area contributed by atoms with E-state index in [0.717, 1.165) is 16.5 Å². The highest BCUT2D eigenvalue weighted by molar-refractivity contribution is 7.89. The van der Waals surface area contributed by atoms with Crippen molar-refractivity contribution in [3.63, 3.8) is 0 Å². The summed E-state index contributed by atoms with van der Waals surface area (Å²) in [6, 6.07) is 7.41. The number of carbonyl (C=O) groups excluding carboxylic acids is 1. The second-order valence-electron chi connectivity index (χ2n) is 6.71. The van der Waals surface area contributed by atoms with Gasteiger partial charge in [0.25, 0.3) is 5.91 Å². The molecule has 1 amide bonds. The molecule has 2 N–H and O–H groups in total. The Labute approximate surface area is 147 Å². The van der Waals surface area contributed by atoms with Crippen molar-refractivity contribution < 1.29 is 17.9 Å². The molecule has 0 radical (unpaired) electrons. The number of rotatable bonds is 5. The zero-order valence-corrected chi connectivity index (χ0v) is 15.4. The first-order valence-electron chi connectivity index (χ1n) is 8.14. The number of amides is 1. The van der Waals surface area contributed by atoms with Crippen molar-refractivity contribution in [1.82, 2.24) is 14.6 Å². The Hall–Kier alpha value is -1.90. The van der Waals surface area contributed by atoms with E-state index in [1.807, 2.05) is 25.1 Å². The fourth-order valence-corrected chi connectivity index (χ4v) is 4.13. The van der Waals surface area contributed by atoms with Crippen LogP contribution in [0.5, 0.6) is 0 Å². The Balaban J connectivity index is 1.72. The van der Waals surface area contributed by atoms with E-state index in [9.17, 15) is 13.2 Å². The van der Waals surface area contributed by atoms with Crippen LogP contribution < -0.4 is 5.32 Å². The average Bonchev–Trinajstić information content (AvgIpc) is 3.13. The van der Waals surface area contributed by atoms with Crippen LogP contribution in [-0.4, -0.2) is 62.7 Å². The molecule has 1 aliphatic heterocycles. The van der Waals surface area contributed by atoms with Gasteiger partial charge in [-0.2, -0.15) is 0 Å². The number of aryl methyl sites for hydroxylation is 1. The summed E-state index contributed by atoms with van der Waals surface area (Å²) in [6.45, 7) is 2.64. The molecule has 136 valence electrons. The Morgan fingerprint density at radius 3 is 2.80 bits per heavy atom. The van der Waals surface area contributed by atoms with E-state index >= 15 is 0 Å². The molecule has 0 bridgehead atoms. The van der Waals surface area contributed by atoms with Gasteiger partial charge in [-0.25, -0.2) is 12.7 Å². The molecule has 1 fully saturated rings. The van der Waals surface area contributed by atoms with E-state index in [0.29, 0.717) is 18.9 Å². The van der Waals surface area contributed by atoms with Crippen molar-refractivity contribution in [2.75, 3.05) is 33.1 Å². The molecule has 2 aromatic rings. The van der Waals surface area contributed by atoms with Gasteiger partial charge in [0.05, 0.1) is 25.0 Å². The monoisotopic (exact) mass is 365 g/mol. The summed E-state index contributed by atoms with van der Waals surface area (Å²) in [4.78, 5) is 15.6. The molecule has 25 heavy (non-hydrogen) atoms. The molecule has 7 nitrogen and oxygen atoms in total. The molecule has 8 heteroatoms. The van der Waals surface area contributed by atoms with Crippen LogP contribution in [0, 0.1) is 12.8 Å². The number of ether oxygens (including phenoxy) is 1. The number of aromatic amines is 1. The van der Waals surface area contributed by atoms with E-state index in [1.54, 1.807) is 6.07 Å². The lowest BCUT2D eigenvalue weighted by molar-refractivity contribution is 0.0922. The van der Waals surface area contributed by atoms with Crippen LogP contribution in [0.3, 0.4) is 0 Å². The van der Waals surface area contributed by atoms with Gasteiger partial charge in [0.2, 0.25) is 10.0 Å². The van der Waals surface area contributed by atoms with Crippen molar-refractivity contribution in [1.29, 1.82) is 0 Å². The second kappa shape index (κ2) is 6.78. The number of nitrogens with one attached hydrogen (secondary N) is 2. The maximum atomic E-state index is 12.5. The molecule has 1 aromatic heterocycles. The predicted octanol–water partition coefficient (Wildman–Crippen LogP) is 1.11. The van der Waals surface area contributed by atoms with Crippen LogP contribution in [0.25, 0.3) is 10.9 Å². The highest BCUT2D eigenvalue weighted by atomic mass is 32.2. The molecule has 2 heterocycles. The van der Waals surface area contributed by atoms with E-state index in [2.05, 4.69) is 10.3 Å². The Kier molecular flexibility index (Phi) is 4.86. The Morgan fingerprint density at radius 2 is 2.08 bits per heavy atom. The van der Waals surface area contributed by atoms with Gasteiger partial charge in [-0.05, 0) is 25.1 Å². The molecule has 1 saturated heterocycles. The molecule has 1 aromatic carbocycles. The normalized spacial score (nSPS) is 21.1. The van der Waals surface area contributed by atoms with Crippen molar-refractivity contribution in [3.05, 3.63) is 35.5 Å². The van der Waals surface area contributed by atoms with Gasteiger partial charge in [0.15, 0.2) is 0 Å². The lowest BCUT2D eigenvalue weighted by Crippen LogP contribution is -2.43. The zero-order chi connectivity index (χ0) is 18.2. The summed E-state index contributed by atoms with van der Waals surface area (Å²) in [6.07, 6.45) is 0. The minimum atomic E-state index is -3.35. The topological polar surface area (TPSA) is 91.5 Å². The first kappa shape index (κ1) is 17.9. The number of sulfonamides is 1. The van der Waals surface area contributed by atoms with Crippen LogP contribution in [0.15, 0.2) is 24.3 Å². The third-order valence-electron chi connectivity index (χ3n) is 4.52. The molecule has 2 unspecified atom stereocenters. The standard InChI is InChI=1S/C17H23N3O4S/c1-11-4-5-14-12(6-11)7-15(18-14)17(21)19-16-9-24-8-13(16)10-25(22,23)20(2)3/h4-7,13,16,18H,8-10H2,1-3H3,(H,19,21). The molecular formula is C17H23N3O4S. The third-order valence-corrected chi connectivity index (χ3v) is 6.48. The fraction of sp³-hybridized carbons (Fsp3) is 0.471. The van der Waals surface area contributed by atoms with Gasteiger partial charge in [-0.15, -0.1) is 0 Å². The van der Waals surface area contributed by atoms with Crippen LogP contribution in [0.2, 0.25) is 0 Å². The largest absolute Gasteiger partial charge is 0.379 e. The van der Waals surface area contributed by atoms with E-state index in [-0.39, 0.29) is 23.6 Å². The summed E-state index contributed by atoms with van der Waals surface area (Å²) in [5.41, 5.74) is 2.48. The van der Waals surface area contributed by atoms with Crippen LogP contribution >= 0.6 is 0 Å². The summed E-state index contributed by atoms with van der Waals surface area (Å²) in [5, 5.41) is 3.88. The average molecular weight is 365 g/mol. The van der Waals surface area contributed by atoms with Gasteiger partial charge in [-0.1, -0.05) is 11.6 Å². The maximum absolute atomic E-state index is 12.5. The first-order chi connectivity index (χ1) is 11.8. The molecule has 0 aliphatic carbocycles. The molecule has 0 saturated carbocycles. The third kappa shape index (κ3) is 3.86. The van der Waals surface area contributed by atoms with Gasteiger partial charge in [0, 0.05) is 30.9 Å². The highest BCUT2D eigenvalue weighted by Crippen LogP contribution is 2.20. The number of carbonyl (C=O) groups is 1. The van der Waals surface area contributed by atoms with Gasteiger partial charge in [-0.3, -0.25) is 4.79 Å². The predicted molar refractivity (Wildman–Crippen MR) is 96.1 cm³/mol. The number of fused-ring (bicyclic) bond motifs is 1. The van der Waals surface area contributed by atoms with E-state index < -0.39 is 10.0 Å². The lowest BCUT2D eigenvalue weighted by Gasteiger charge is -2.20. The lowest BCUT2D eigenvalue weighted by atomic mass is 10.1. The van der Waals surface area contributed by atoms with Crippen molar-refractivity contribution in [3.8, 4) is 0 Å². The van der Waals surface area contributed by atoms with Gasteiger partial charge in [0.1, 0.15) is 5.69 Å². The summed E-state index contributed by atoms with van der Waals surface area (Å²) in [7, 11) is -0.336. The highest BCUT2D eigenvalue weighted by Gasteiger charge is 2.34. The summed E-state index contributed by atoms with van der Waals surface area (Å²) in [5.74, 6) is -0.559. The minimum absolute atomic E-state index is 0.0448. The fourth-order valence-electron chi connectivity index (χ4n) is 2.96. The number of hydrogen-bond donors (Lipinski definition) is 2. The van der Waals surface area contributed by atoms with E-state index in [1.165, 1.54) is 18.4 Å². The van der Waals surface area contributed by atoms with Gasteiger partial charge < -0.3 is 15.0 Å². The number of hydrogen-bond acceptors (Lipinski definition) is 4. The van der Waals surface area contributed by atoms with E-state index in [4.69, 9.17) is 4.74 Å². The summed E-state index contributed by atoms with van der Waals surface area (Å²) < 4.78 is 30.8. The maximum Gasteiger partial charge on any atom is 0.268 e. The van der Waals surface area contributed by atoms with Crippen molar-refractivity contribution >= 4 is 26.8 Å². The molecule has 2 atom stereocenters. The number of aromatic nitrogens is 1. The van der Waals surface area contributed by atoms with Crippen molar-refractivity contribution in [2.45, 2.75) is 13.0 Å². The van der Waals surface area contributed by atoms with Gasteiger partial charge >= 0.3 is 0 Å². The van der Waals surface area contributed by atoms with Crippen LogP contribution in [0.1, 0.15) is 16.1 Å². The minimum Gasteiger partial charge on any atom is -0.379 e. The Bertz CT molecular complexity index is 888. The SMILES string of the molecule is Cc1ccc2[nH]c(C(=O)NC3COCC3CS(=O)(=O)N(C)C)cc2c1. The zero-order valence-electron chi connectivity index (χ0n) is 14.6. The van der Waals surface area contributed by atoms with Crippen LogP contribution in [-0.2, 0) is 14.8 Å². The molecule has 3 rings (SSSR count). The first-order valence-corrected chi connectivity index (χ1v) is 9.75. The molecule has 0 spiro atoms. The quantitative estimate of drug-likeness (QED) is 0.830. The Morgan fingerprint density at radius 1 is 1.32 bits per heavy atom. The van der Waals surface area contributed by atoms with Crippen LogP contribution in [0.4, 0.5) is 0 Å². The number of nitrogens with zero attached hydrogens (tertiary/aromatic N) is 1.